The molecule has 15 heavy (non-hydrogen) atoms. The van der Waals surface area contributed by atoms with Crippen molar-refractivity contribution in [1.29, 1.82) is 5.41 Å². The molecule has 1 aromatic rings. The highest BCUT2D eigenvalue weighted by atomic mass is 15.3. The Morgan fingerprint density at radius 2 is 2.20 bits per heavy atom. The summed E-state index contributed by atoms with van der Waals surface area (Å²) in [4.78, 5) is 2.09. The van der Waals surface area contributed by atoms with Crippen molar-refractivity contribution in [2.24, 2.45) is 0 Å². The van der Waals surface area contributed by atoms with Crippen LogP contribution >= 0.6 is 0 Å². The van der Waals surface area contributed by atoms with Crippen molar-refractivity contribution >= 4 is 5.96 Å². The van der Waals surface area contributed by atoms with Gasteiger partial charge in [-0.15, -0.1) is 0 Å². The third kappa shape index (κ3) is 2.29. The molecule has 2 N–H and O–H groups in total. The zero-order valence-corrected chi connectivity index (χ0v) is 9.09. The van der Waals surface area contributed by atoms with Crippen LogP contribution in [0.15, 0.2) is 24.3 Å². The minimum Gasteiger partial charge on any atom is -0.356 e. The van der Waals surface area contributed by atoms with Crippen molar-refractivity contribution in [3.05, 3.63) is 35.4 Å². The summed E-state index contributed by atoms with van der Waals surface area (Å²) in [5.74, 6) is 0.560. The summed E-state index contributed by atoms with van der Waals surface area (Å²) in [6, 6.07) is 8.37. The minimum atomic E-state index is 0.560. The maximum Gasteiger partial charge on any atom is 0.191 e. The van der Waals surface area contributed by atoms with Crippen LogP contribution in [0.3, 0.4) is 0 Å². The minimum absolute atomic E-state index is 0.560. The molecule has 0 unspecified atom stereocenters. The maximum absolute atomic E-state index is 7.78. The first-order valence-electron chi connectivity index (χ1n) is 5.39. The predicted octanol–water partition coefficient (Wildman–Crippen LogP) is 1.73. The van der Waals surface area contributed by atoms with Gasteiger partial charge in [0.05, 0.1) is 0 Å². The first-order valence-corrected chi connectivity index (χ1v) is 5.39. The Bertz CT molecular complexity index is 360. The van der Waals surface area contributed by atoms with Crippen LogP contribution < -0.4 is 5.32 Å². The molecule has 1 aliphatic rings. The van der Waals surface area contributed by atoms with Crippen LogP contribution in [0.1, 0.15) is 17.5 Å². The number of guanidine groups is 1. The lowest BCUT2D eigenvalue weighted by Crippen LogP contribution is -2.46. The van der Waals surface area contributed by atoms with Gasteiger partial charge >= 0.3 is 0 Å². The third-order valence-electron chi connectivity index (χ3n) is 2.84. The standard InChI is InChI=1S/C12H17N3/c1-10-5-2-3-6-11(10)9-15-8-4-7-14-12(15)13/h2-3,5-6H,4,7-9H2,1H3,(H2,13,14). The molecule has 1 heterocycles. The highest BCUT2D eigenvalue weighted by Gasteiger charge is 2.14. The van der Waals surface area contributed by atoms with Gasteiger partial charge in [-0.25, -0.2) is 0 Å². The van der Waals surface area contributed by atoms with Crippen molar-refractivity contribution < 1.29 is 0 Å². The first kappa shape index (κ1) is 10.0. The van der Waals surface area contributed by atoms with Crippen molar-refractivity contribution in [2.75, 3.05) is 13.1 Å². The fourth-order valence-electron chi connectivity index (χ4n) is 1.85. The van der Waals surface area contributed by atoms with Crippen molar-refractivity contribution in [3.8, 4) is 0 Å². The number of nitrogens with zero attached hydrogens (tertiary/aromatic N) is 1. The van der Waals surface area contributed by atoms with Crippen LogP contribution in [-0.4, -0.2) is 23.9 Å². The molecule has 0 radical (unpaired) electrons. The van der Waals surface area contributed by atoms with Crippen LogP contribution in [0.25, 0.3) is 0 Å². The average molecular weight is 203 g/mol. The number of hydrogen-bond donors (Lipinski definition) is 2. The molecule has 0 amide bonds. The van der Waals surface area contributed by atoms with Crippen LogP contribution in [0.5, 0.6) is 0 Å². The molecule has 80 valence electrons. The highest BCUT2D eigenvalue weighted by molar-refractivity contribution is 5.77. The summed E-state index contributed by atoms with van der Waals surface area (Å²) in [6.45, 7) is 4.89. The van der Waals surface area contributed by atoms with E-state index in [1.165, 1.54) is 11.1 Å². The Morgan fingerprint density at radius 1 is 1.40 bits per heavy atom. The van der Waals surface area contributed by atoms with Gasteiger partial charge in [-0.05, 0) is 24.5 Å². The highest BCUT2D eigenvalue weighted by Crippen LogP contribution is 2.11. The normalized spacial score (nSPS) is 16.3. The van der Waals surface area contributed by atoms with Crippen molar-refractivity contribution in [1.82, 2.24) is 10.2 Å². The summed E-state index contributed by atoms with van der Waals surface area (Å²) in [5, 5.41) is 10.9. The fourth-order valence-corrected chi connectivity index (χ4v) is 1.85. The Morgan fingerprint density at radius 3 is 2.93 bits per heavy atom. The van der Waals surface area contributed by atoms with Gasteiger partial charge in [0.1, 0.15) is 0 Å². The number of aryl methyl sites for hydroxylation is 1. The quantitative estimate of drug-likeness (QED) is 0.768. The van der Waals surface area contributed by atoms with E-state index in [0.29, 0.717) is 5.96 Å². The molecule has 0 aliphatic carbocycles. The Labute approximate surface area is 90.6 Å². The lowest BCUT2D eigenvalue weighted by Gasteiger charge is -2.30. The summed E-state index contributed by atoms with van der Waals surface area (Å²) in [7, 11) is 0. The molecule has 0 aromatic heterocycles. The fraction of sp³-hybridized carbons (Fsp3) is 0.417. The van der Waals surface area contributed by atoms with Gasteiger partial charge in [-0.2, -0.15) is 0 Å². The van der Waals surface area contributed by atoms with E-state index < -0.39 is 0 Å². The number of rotatable bonds is 2. The summed E-state index contributed by atoms with van der Waals surface area (Å²) >= 11 is 0. The van der Waals surface area contributed by atoms with Crippen LogP contribution in [0, 0.1) is 12.3 Å². The molecule has 2 rings (SSSR count). The molecule has 1 aliphatic heterocycles. The Balaban J connectivity index is 2.08. The molecule has 0 saturated carbocycles. The second-order valence-electron chi connectivity index (χ2n) is 3.98. The lowest BCUT2D eigenvalue weighted by atomic mass is 10.1. The summed E-state index contributed by atoms with van der Waals surface area (Å²) in [6.07, 6.45) is 1.12. The zero-order chi connectivity index (χ0) is 10.7. The van der Waals surface area contributed by atoms with Gasteiger partial charge in [0.2, 0.25) is 0 Å². The van der Waals surface area contributed by atoms with E-state index in [4.69, 9.17) is 5.41 Å². The van der Waals surface area contributed by atoms with E-state index in [0.717, 1.165) is 26.1 Å². The van der Waals surface area contributed by atoms with E-state index in [1.807, 2.05) is 0 Å². The zero-order valence-electron chi connectivity index (χ0n) is 9.09. The van der Waals surface area contributed by atoms with Crippen molar-refractivity contribution in [2.45, 2.75) is 19.9 Å². The predicted molar refractivity (Wildman–Crippen MR) is 61.9 cm³/mol. The molecule has 1 fully saturated rings. The molecule has 1 aromatic carbocycles. The third-order valence-corrected chi connectivity index (χ3v) is 2.84. The maximum atomic E-state index is 7.78. The SMILES string of the molecule is Cc1ccccc1CN1CCCNC1=N. The number of nitrogens with one attached hydrogen (secondary N) is 2. The van der Waals surface area contributed by atoms with Gasteiger partial charge in [0.15, 0.2) is 5.96 Å². The monoisotopic (exact) mass is 203 g/mol. The second kappa shape index (κ2) is 4.34. The van der Waals surface area contributed by atoms with Gasteiger partial charge in [-0.3, -0.25) is 5.41 Å². The van der Waals surface area contributed by atoms with Crippen LogP contribution in [-0.2, 0) is 6.54 Å². The largest absolute Gasteiger partial charge is 0.356 e. The molecular weight excluding hydrogens is 186 g/mol. The van der Waals surface area contributed by atoms with Gasteiger partial charge < -0.3 is 10.2 Å². The summed E-state index contributed by atoms with van der Waals surface area (Å²) < 4.78 is 0. The number of hydrogen-bond acceptors (Lipinski definition) is 1. The van der Waals surface area contributed by atoms with Gasteiger partial charge in [0, 0.05) is 19.6 Å². The molecule has 3 heteroatoms. The molecular formula is C12H17N3. The molecule has 3 nitrogen and oxygen atoms in total. The lowest BCUT2D eigenvalue weighted by molar-refractivity contribution is 0.357. The molecule has 0 atom stereocenters. The Hall–Kier alpha value is -1.51. The number of benzene rings is 1. The van der Waals surface area contributed by atoms with Gasteiger partial charge in [-0.1, -0.05) is 24.3 Å². The summed E-state index contributed by atoms with van der Waals surface area (Å²) in [5.41, 5.74) is 2.61. The first-order chi connectivity index (χ1) is 7.27. The van der Waals surface area contributed by atoms with Crippen molar-refractivity contribution in [3.63, 3.8) is 0 Å². The van der Waals surface area contributed by atoms with E-state index in [2.05, 4.69) is 41.4 Å². The van der Waals surface area contributed by atoms with Crippen LogP contribution in [0.2, 0.25) is 0 Å². The van der Waals surface area contributed by atoms with E-state index in [-0.39, 0.29) is 0 Å². The van der Waals surface area contributed by atoms with Gasteiger partial charge in [0.25, 0.3) is 0 Å². The molecule has 0 spiro atoms. The topological polar surface area (TPSA) is 39.1 Å². The molecule has 0 bridgehead atoms. The van der Waals surface area contributed by atoms with E-state index >= 15 is 0 Å². The van der Waals surface area contributed by atoms with Crippen LogP contribution in [0.4, 0.5) is 0 Å². The Kier molecular flexibility index (Phi) is 2.90. The average Bonchev–Trinajstić information content (AvgIpc) is 2.24. The van der Waals surface area contributed by atoms with E-state index in [1.54, 1.807) is 0 Å². The second-order valence-corrected chi connectivity index (χ2v) is 3.98. The molecule has 1 saturated heterocycles. The smallest absolute Gasteiger partial charge is 0.191 e. The van der Waals surface area contributed by atoms with E-state index in [9.17, 15) is 0 Å².